The molecule has 0 saturated heterocycles. The van der Waals surface area contributed by atoms with Crippen LogP contribution in [-0.2, 0) is 14.1 Å². The molecule has 1 aromatic heterocycles. The molecule has 0 radical (unpaired) electrons. The Morgan fingerprint density at radius 2 is 1.87 bits per heavy atom. The average Bonchev–Trinajstić information content (AvgIpc) is 2.50. The van der Waals surface area contributed by atoms with Crippen LogP contribution in [0.1, 0.15) is 10.4 Å². The first-order chi connectivity index (χ1) is 10.7. The van der Waals surface area contributed by atoms with Gasteiger partial charge in [0.05, 0.1) is 15.5 Å². The number of carbonyl (C=O) groups excluding carboxylic acids is 1. The monoisotopic (exact) mass is 338 g/mol. The first-order valence-electron chi connectivity index (χ1n) is 6.24. The summed E-state index contributed by atoms with van der Waals surface area (Å²) in [7, 11) is 2.67. The molecule has 0 saturated carbocycles. The second kappa shape index (κ2) is 6.05. The van der Waals surface area contributed by atoms with Gasteiger partial charge in [-0.2, -0.15) is 0 Å². The number of hydrogen-bond acceptors (Lipinski definition) is 5. The van der Waals surface area contributed by atoms with Crippen LogP contribution in [0.2, 0.25) is 5.02 Å². The van der Waals surface area contributed by atoms with Crippen molar-refractivity contribution in [1.82, 2.24) is 9.13 Å². The summed E-state index contributed by atoms with van der Waals surface area (Å²) in [6, 6.07) is 4.45. The van der Waals surface area contributed by atoms with Gasteiger partial charge < -0.3 is 5.32 Å². The van der Waals surface area contributed by atoms with Crippen LogP contribution in [0.5, 0.6) is 0 Å². The smallest absolute Gasteiger partial charge is 0.308 e. The van der Waals surface area contributed by atoms with Gasteiger partial charge in [-0.25, -0.2) is 4.79 Å². The Morgan fingerprint density at radius 3 is 2.48 bits per heavy atom. The molecule has 2 aromatic rings. The van der Waals surface area contributed by atoms with Crippen LogP contribution in [0, 0.1) is 10.1 Å². The molecule has 1 heterocycles. The van der Waals surface area contributed by atoms with Crippen LogP contribution in [0.4, 0.5) is 11.5 Å². The van der Waals surface area contributed by atoms with E-state index in [0.717, 1.165) is 27.3 Å². The van der Waals surface area contributed by atoms with Crippen LogP contribution in [0.3, 0.4) is 0 Å². The second-order valence-electron chi connectivity index (χ2n) is 4.64. The quantitative estimate of drug-likeness (QED) is 0.659. The molecule has 0 unspecified atom stereocenters. The van der Waals surface area contributed by atoms with Crippen molar-refractivity contribution in [2.45, 2.75) is 0 Å². The molecule has 23 heavy (non-hydrogen) atoms. The molecular formula is C13H11ClN4O5. The minimum Gasteiger partial charge on any atom is -0.308 e. The van der Waals surface area contributed by atoms with Gasteiger partial charge in [-0.05, 0) is 6.07 Å². The number of nitro benzene ring substituents is 1. The number of aromatic nitrogens is 2. The summed E-state index contributed by atoms with van der Waals surface area (Å²) in [6.07, 6.45) is 0. The molecule has 0 bridgehead atoms. The van der Waals surface area contributed by atoms with Crippen molar-refractivity contribution in [2.24, 2.45) is 14.1 Å². The number of nitrogens with one attached hydrogen (secondary N) is 1. The molecule has 9 nitrogen and oxygen atoms in total. The minimum absolute atomic E-state index is 0.00179. The lowest BCUT2D eigenvalue weighted by Gasteiger charge is -2.11. The van der Waals surface area contributed by atoms with Crippen LogP contribution in [0.15, 0.2) is 33.9 Å². The van der Waals surface area contributed by atoms with E-state index in [1.165, 1.54) is 20.2 Å². The Labute approximate surface area is 133 Å². The highest BCUT2D eigenvalue weighted by Gasteiger charge is 2.17. The number of hydrogen-bond donors (Lipinski definition) is 1. The predicted octanol–water partition coefficient (Wildman–Crippen LogP) is 0.898. The number of halogens is 1. The molecule has 1 N–H and O–H groups in total. The van der Waals surface area contributed by atoms with Crippen molar-refractivity contribution >= 4 is 29.0 Å². The van der Waals surface area contributed by atoms with Gasteiger partial charge in [0.25, 0.3) is 17.2 Å². The highest BCUT2D eigenvalue weighted by molar-refractivity contribution is 6.34. The van der Waals surface area contributed by atoms with E-state index in [2.05, 4.69) is 5.32 Å². The fourth-order valence-corrected chi connectivity index (χ4v) is 2.04. The second-order valence-corrected chi connectivity index (χ2v) is 5.05. The van der Waals surface area contributed by atoms with Crippen molar-refractivity contribution in [3.63, 3.8) is 0 Å². The number of amides is 1. The standard InChI is InChI=1S/C13H11ClN4O5/c1-16-10(6-11(19)17(2)13(16)21)15-12(20)8-5-7(18(22)23)3-4-9(8)14/h3-6H,1-2H3,(H,15,20). The van der Waals surface area contributed by atoms with E-state index in [4.69, 9.17) is 11.6 Å². The van der Waals surface area contributed by atoms with Crippen molar-refractivity contribution in [1.29, 1.82) is 0 Å². The third-order valence-corrected chi connectivity index (χ3v) is 3.50. The summed E-state index contributed by atoms with van der Waals surface area (Å²) >= 11 is 5.87. The molecule has 0 atom stereocenters. The summed E-state index contributed by atoms with van der Waals surface area (Å²) in [5.41, 5.74) is -1.68. The van der Waals surface area contributed by atoms with E-state index in [1.54, 1.807) is 0 Å². The highest BCUT2D eigenvalue weighted by Crippen LogP contribution is 2.22. The minimum atomic E-state index is -0.776. The molecule has 0 aliphatic rings. The number of anilines is 1. The molecule has 0 aliphatic heterocycles. The lowest BCUT2D eigenvalue weighted by atomic mass is 10.2. The number of rotatable bonds is 3. The van der Waals surface area contributed by atoms with Gasteiger partial charge in [-0.3, -0.25) is 28.8 Å². The third kappa shape index (κ3) is 3.14. The highest BCUT2D eigenvalue weighted by atomic mass is 35.5. The molecule has 1 aromatic carbocycles. The number of carbonyl (C=O) groups is 1. The maximum absolute atomic E-state index is 12.2. The molecule has 0 spiro atoms. The Hall–Kier alpha value is -2.94. The first-order valence-corrected chi connectivity index (χ1v) is 6.62. The van der Waals surface area contributed by atoms with Crippen molar-refractivity contribution in [2.75, 3.05) is 5.32 Å². The largest absolute Gasteiger partial charge is 0.332 e. The zero-order valence-electron chi connectivity index (χ0n) is 12.1. The van der Waals surface area contributed by atoms with Crippen LogP contribution >= 0.6 is 11.6 Å². The van der Waals surface area contributed by atoms with Crippen molar-refractivity contribution < 1.29 is 9.72 Å². The zero-order chi connectivity index (χ0) is 17.3. The fraction of sp³-hybridized carbons (Fsp3) is 0.154. The lowest BCUT2D eigenvalue weighted by Crippen LogP contribution is -2.38. The number of nitro groups is 1. The van der Waals surface area contributed by atoms with Gasteiger partial charge in [-0.1, -0.05) is 11.6 Å². The van der Waals surface area contributed by atoms with E-state index >= 15 is 0 Å². The molecule has 2 rings (SSSR count). The van der Waals surface area contributed by atoms with Gasteiger partial charge in [0.1, 0.15) is 5.82 Å². The maximum atomic E-state index is 12.2. The number of non-ortho nitro benzene ring substituents is 1. The summed E-state index contributed by atoms with van der Waals surface area (Å²) in [6.45, 7) is 0. The fourth-order valence-electron chi connectivity index (χ4n) is 1.84. The Bertz CT molecular complexity index is 931. The Kier molecular flexibility index (Phi) is 4.32. The SMILES string of the molecule is Cn1c(NC(=O)c2cc([N+](=O)[O-])ccc2Cl)cc(=O)n(C)c1=O. The average molecular weight is 339 g/mol. The summed E-state index contributed by atoms with van der Waals surface area (Å²) < 4.78 is 1.93. The van der Waals surface area contributed by atoms with Gasteiger partial charge in [-0.15, -0.1) is 0 Å². The molecule has 120 valence electrons. The maximum Gasteiger partial charge on any atom is 0.332 e. The number of benzene rings is 1. The van der Waals surface area contributed by atoms with Gasteiger partial charge >= 0.3 is 5.69 Å². The molecular weight excluding hydrogens is 328 g/mol. The van der Waals surface area contributed by atoms with E-state index in [9.17, 15) is 24.5 Å². The van der Waals surface area contributed by atoms with E-state index < -0.39 is 22.1 Å². The third-order valence-electron chi connectivity index (χ3n) is 3.17. The Morgan fingerprint density at radius 1 is 1.22 bits per heavy atom. The molecule has 0 aliphatic carbocycles. The Balaban J connectivity index is 2.45. The number of nitrogens with zero attached hydrogens (tertiary/aromatic N) is 3. The first kappa shape index (κ1) is 16.4. The normalized spacial score (nSPS) is 10.4. The van der Waals surface area contributed by atoms with E-state index in [0.29, 0.717) is 0 Å². The van der Waals surface area contributed by atoms with Crippen LogP contribution in [0.25, 0.3) is 0 Å². The van der Waals surface area contributed by atoms with E-state index in [1.807, 2.05) is 0 Å². The van der Waals surface area contributed by atoms with Gasteiger partial charge in [0, 0.05) is 32.3 Å². The van der Waals surface area contributed by atoms with Gasteiger partial charge in [0.15, 0.2) is 0 Å². The zero-order valence-corrected chi connectivity index (χ0v) is 12.8. The predicted molar refractivity (Wildman–Crippen MR) is 83.0 cm³/mol. The molecule has 0 fully saturated rings. The lowest BCUT2D eigenvalue weighted by molar-refractivity contribution is -0.384. The van der Waals surface area contributed by atoms with Crippen molar-refractivity contribution in [3.8, 4) is 0 Å². The molecule has 10 heteroatoms. The van der Waals surface area contributed by atoms with E-state index in [-0.39, 0.29) is 22.1 Å². The van der Waals surface area contributed by atoms with Crippen LogP contribution in [-0.4, -0.2) is 20.0 Å². The summed E-state index contributed by atoms with van der Waals surface area (Å²) in [4.78, 5) is 45.8. The molecule has 1 amide bonds. The van der Waals surface area contributed by atoms with Crippen LogP contribution < -0.4 is 16.6 Å². The van der Waals surface area contributed by atoms with Gasteiger partial charge in [0.2, 0.25) is 0 Å². The summed E-state index contributed by atoms with van der Waals surface area (Å²) in [5.74, 6) is -0.826. The van der Waals surface area contributed by atoms with Crippen molar-refractivity contribution in [3.05, 3.63) is 65.8 Å². The summed E-state index contributed by atoms with van der Waals surface area (Å²) in [5, 5.41) is 13.1. The topological polar surface area (TPSA) is 116 Å².